The molecule has 1 atom stereocenters. The van der Waals surface area contributed by atoms with Crippen LogP contribution in [-0.4, -0.2) is 22.6 Å². The van der Waals surface area contributed by atoms with Crippen molar-refractivity contribution in [2.24, 2.45) is 5.92 Å². The fourth-order valence-electron chi connectivity index (χ4n) is 2.06. The van der Waals surface area contributed by atoms with E-state index in [-0.39, 0.29) is 17.9 Å². The molecule has 0 fully saturated rings. The van der Waals surface area contributed by atoms with Gasteiger partial charge in [0, 0.05) is 18.4 Å². The van der Waals surface area contributed by atoms with E-state index in [2.05, 4.69) is 10.3 Å². The molecule has 106 valence electrons. The Bertz CT molecular complexity index is 663. The predicted octanol–water partition coefficient (Wildman–Crippen LogP) is 2.44. The minimum absolute atomic E-state index is 0.121. The summed E-state index contributed by atoms with van der Waals surface area (Å²) in [7, 11) is 0. The Balaban J connectivity index is 2.03. The van der Waals surface area contributed by atoms with Crippen molar-refractivity contribution in [3.63, 3.8) is 0 Å². The van der Waals surface area contributed by atoms with Gasteiger partial charge in [0.1, 0.15) is 5.82 Å². The average Bonchev–Trinajstić information content (AvgIpc) is 2.43. The molecule has 1 aromatic carbocycles. The highest BCUT2D eigenvalue weighted by Crippen LogP contribution is 2.13. The lowest BCUT2D eigenvalue weighted by Crippen LogP contribution is -2.16. The van der Waals surface area contributed by atoms with Crippen molar-refractivity contribution in [2.75, 3.05) is 11.9 Å². The Morgan fingerprint density at radius 3 is 2.90 bits per heavy atom. The van der Waals surface area contributed by atoms with E-state index in [1.54, 1.807) is 6.07 Å². The lowest BCUT2D eigenvalue weighted by atomic mass is 10.1. The number of hydrogen-bond acceptors (Lipinski definition) is 3. The number of carboxylic acid groups (broad SMARTS) is 1. The number of aliphatic carboxylic acids is 1. The van der Waals surface area contributed by atoms with E-state index in [4.69, 9.17) is 5.11 Å². The molecule has 0 saturated heterocycles. The topological polar surface area (TPSA) is 82.2 Å². The van der Waals surface area contributed by atoms with Crippen molar-refractivity contribution in [3.8, 4) is 0 Å². The van der Waals surface area contributed by atoms with Gasteiger partial charge in [-0.3, -0.25) is 9.59 Å². The van der Waals surface area contributed by atoms with Crippen LogP contribution < -0.4 is 10.9 Å². The van der Waals surface area contributed by atoms with Crippen LogP contribution in [0.5, 0.6) is 0 Å². The smallest absolute Gasteiger partial charge is 0.303 e. The molecule has 20 heavy (non-hydrogen) atoms. The van der Waals surface area contributed by atoms with E-state index in [0.29, 0.717) is 24.2 Å². The first-order valence-electron chi connectivity index (χ1n) is 6.64. The number of hydrogen-bond donors (Lipinski definition) is 3. The number of carbonyl (C=O) groups is 1. The number of rotatable bonds is 6. The van der Waals surface area contributed by atoms with E-state index in [0.717, 1.165) is 5.39 Å². The van der Waals surface area contributed by atoms with Gasteiger partial charge in [-0.05, 0) is 29.9 Å². The first-order chi connectivity index (χ1) is 9.56. The van der Waals surface area contributed by atoms with Gasteiger partial charge in [-0.25, -0.2) is 0 Å². The molecule has 0 aliphatic heterocycles. The zero-order valence-corrected chi connectivity index (χ0v) is 11.3. The van der Waals surface area contributed by atoms with Crippen molar-refractivity contribution in [1.82, 2.24) is 4.98 Å². The molecule has 0 bridgehead atoms. The minimum atomic E-state index is -0.782. The number of aromatic nitrogens is 1. The fraction of sp³-hybridized carbons (Fsp3) is 0.333. The lowest BCUT2D eigenvalue weighted by molar-refractivity contribution is -0.137. The summed E-state index contributed by atoms with van der Waals surface area (Å²) in [6.07, 6.45) is 0.775. The van der Waals surface area contributed by atoms with Gasteiger partial charge < -0.3 is 15.4 Å². The number of pyridine rings is 1. The summed E-state index contributed by atoms with van der Waals surface area (Å²) < 4.78 is 0. The molecular formula is C15H18N2O3. The van der Waals surface area contributed by atoms with Gasteiger partial charge >= 0.3 is 5.97 Å². The third-order valence-electron chi connectivity index (χ3n) is 3.25. The maximum absolute atomic E-state index is 11.9. The Morgan fingerprint density at radius 1 is 1.40 bits per heavy atom. The zero-order valence-electron chi connectivity index (χ0n) is 11.3. The summed E-state index contributed by atoms with van der Waals surface area (Å²) in [4.78, 5) is 25.2. The van der Waals surface area contributed by atoms with E-state index >= 15 is 0 Å². The monoisotopic (exact) mass is 274 g/mol. The molecule has 1 heterocycles. The molecule has 0 aliphatic carbocycles. The van der Waals surface area contributed by atoms with Crippen LogP contribution in [0.4, 0.5) is 5.82 Å². The Morgan fingerprint density at radius 2 is 2.15 bits per heavy atom. The number of fused-ring (bicyclic) bond motifs is 1. The molecule has 2 rings (SSSR count). The van der Waals surface area contributed by atoms with Crippen LogP contribution >= 0.6 is 0 Å². The lowest BCUT2D eigenvalue weighted by Gasteiger charge is -2.12. The molecule has 5 heteroatoms. The molecule has 0 amide bonds. The Hall–Kier alpha value is -2.30. The first-order valence-corrected chi connectivity index (χ1v) is 6.64. The van der Waals surface area contributed by atoms with Crippen LogP contribution in [0.2, 0.25) is 0 Å². The SMILES string of the molecule is CC(CCC(=O)O)CNc1cc2ccccc2c(=O)[nH]1. The number of H-pyrrole nitrogens is 1. The van der Waals surface area contributed by atoms with Crippen molar-refractivity contribution >= 4 is 22.6 Å². The summed E-state index contributed by atoms with van der Waals surface area (Å²) in [5.41, 5.74) is -0.121. The molecule has 0 spiro atoms. The molecule has 1 unspecified atom stereocenters. The minimum Gasteiger partial charge on any atom is -0.481 e. The quantitative estimate of drug-likeness (QED) is 0.755. The van der Waals surface area contributed by atoms with Gasteiger partial charge in [0.2, 0.25) is 0 Å². The van der Waals surface area contributed by atoms with Gasteiger partial charge in [-0.1, -0.05) is 25.1 Å². The maximum Gasteiger partial charge on any atom is 0.303 e. The third kappa shape index (κ3) is 3.60. The molecule has 0 radical (unpaired) electrons. The molecule has 1 aromatic heterocycles. The second kappa shape index (κ2) is 6.23. The van der Waals surface area contributed by atoms with Crippen LogP contribution in [-0.2, 0) is 4.79 Å². The second-order valence-corrected chi connectivity index (χ2v) is 5.02. The second-order valence-electron chi connectivity index (χ2n) is 5.02. The molecule has 3 N–H and O–H groups in total. The number of aromatic amines is 1. The molecule has 0 aliphatic rings. The molecule has 2 aromatic rings. The zero-order chi connectivity index (χ0) is 14.5. The van der Waals surface area contributed by atoms with E-state index in [9.17, 15) is 9.59 Å². The van der Waals surface area contributed by atoms with Crippen LogP contribution in [0.15, 0.2) is 35.1 Å². The number of anilines is 1. The number of benzene rings is 1. The summed E-state index contributed by atoms with van der Waals surface area (Å²) in [6, 6.07) is 9.29. The normalized spacial score (nSPS) is 12.2. The van der Waals surface area contributed by atoms with E-state index in [1.165, 1.54) is 0 Å². The largest absolute Gasteiger partial charge is 0.481 e. The Labute approximate surface area is 116 Å². The highest BCUT2D eigenvalue weighted by atomic mass is 16.4. The highest BCUT2D eigenvalue weighted by Gasteiger charge is 2.06. The van der Waals surface area contributed by atoms with Crippen molar-refractivity contribution in [3.05, 3.63) is 40.7 Å². The number of carboxylic acids is 1. The van der Waals surface area contributed by atoms with Crippen LogP contribution in [0.1, 0.15) is 19.8 Å². The van der Waals surface area contributed by atoms with Gasteiger partial charge in [0.25, 0.3) is 5.56 Å². The highest BCUT2D eigenvalue weighted by molar-refractivity contribution is 5.83. The predicted molar refractivity (Wildman–Crippen MR) is 79.1 cm³/mol. The van der Waals surface area contributed by atoms with Crippen molar-refractivity contribution < 1.29 is 9.90 Å². The summed E-state index contributed by atoms with van der Waals surface area (Å²) in [5, 5.41) is 13.3. The average molecular weight is 274 g/mol. The van der Waals surface area contributed by atoms with Crippen LogP contribution in [0, 0.1) is 5.92 Å². The van der Waals surface area contributed by atoms with Gasteiger partial charge in [-0.2, -0.15) is 0 Å². The maximum atomic E-state index is 11.9. The summed E-state index contributed by atoms with van der Waals surface area (Å²) in [5.74, 6) is 0.105. The molecular weight excluding hydrogens is 256 g/mol. The fourth-order valence-corrected chi connectivity index (χ4v) is 2.06. The van der Waals surface area contributed by atoms with Crippen molar-refractivity contribution in [1.29, 1.82) is 0 Å². The van der Waals surface area contributed by atoms with E-state index in [1.807, 2.05) is 31.2 Å². The van der Waals surface area contributed by atoms with Gasteiger partial charge in [-0.15, -0.1) is 0 Å². The van der Waals surface area contributed by atoms with Gasteiger partial charge in [0.15, 0.2) is 0 Å². The van der Waals surface area contributed by atoms with Crippen molar-refractivity contribution in [2.45, 2.75) is 19.8 Å². The first kappa shape index (κ1) is 14.1. The van der Waals surface area contributed by atoms with Gasteiger partial charge in [0.05, 0.1) is 0 Å². The van der Waals surface area contributed by atoms with E-state index < -0.39 is 5.97 Å². The molecule has 0 saturated carbocycles. The standard InChI is InChI=1S/C15H18N2O3/c1-10(6-7-14(18)19)9-16-13-8-11-4-2-3-5-12(11)15(20)17-13/h2-5,8,10H,6-7,9H2,1H3,(H,18,19)(H2,16,17,20). The summed E-state index contributed by atoms with van der Waals surface area (Å²) in [6.45, 7) is 2.61. The third-order valence-corrected chi connectivity index (χ3v) is 3.25. The van der Waals surface area contributed by atoms with Crippen LogP contribution in [0.25, 0.3) is 10.8 Å². The number of nitrogens with one attached hydrogen (secondary N) is 2. The Kier molecular flexibility index (Phi) is 4.40. The van der Waals surface area contributed by atoms with Crippen LogP contribution in [0.3, 0.4) is 0 Å². The molecule has 5 nitrogen and oxygen atoms in total. The summed E-state index contributed by atoms with van der Waals surface area (Å²) >= 11 is 0.